The zero-order valence-corrected chi connectivity index (χ0v) is 14.8. The summed E-state index contributed by atoms with van der Waals surface area (Å²) in [6.45, 7) is 3.87. The van der Waals surface area contributed by atoms with E-state index >= 15 is 0 Å². The fourth-order valence-electron chi connectivity index (χ4n) is 1.86. The van der Waals surface area contributed by atoms with E-state index in [1.54, 1.807) is 12.5 Å². The number of rotatable bonds is 6. The molecule has 0 saturated heterocycles. The fraction of sp³-hybridized carbons (Fsp3) is 0.333. The molecule has 0 saturated carbocycles. The van der Waals surface area contributed by atoms with E-state index < -0.39 is 5.97 Å². The Bertz CT molecular complexity index is 684. The van der Waals surface area contributed by atoms with Crippen molar-refractivity contribution in [3.05, 3.63) is 27.7 Å². The number of benzene rings is 1. The Kier molecular flexibility index (Phi) is 5.42. The predicted octanol–water partition coefficient (Wildman–Crippen LogP) is 2.66. The number of halogens is 1. The third-order valence-electron chi connectivity index (χ3n) is 2.71. The van der Waals surface area contributed by atoms with Gasteiger partial charge in [0.05, 0.1) is 23.4 Å². The van der Waals surface area contributed by atoms with E-state index in [2.05, 4.69) is 20.9 Å². The molecule has 0 fully saturated rings. The minimum absolute atomic E-state index is 0.0191. The van der Waals surface area contributed by atoms with E-state index in [0.29, 0.717) is 22.2 Å². The van der Waals surface area contributed by atoms with Crippen LogP contribution in [0.15, 0.2) is 22.0 Å². The molecule has 1 aromatic heterocycles. The smallest absolute Gasteiger partial charge is 0.175 e. The van der Waals surface area contributed by atoms with Gasteiger partial charge in [-0.25, -0.2) is 4.98 Å². The molecule has 2 aromatic rings. The Labute approximate surface area is 141 Å². The molecule has 0 spiro atoms. The van der Waals surface area contributed by atoms with Crippen LogP contribution in [0.2, 0.25) is 0 Å². The lowest BCUT2D eigenvalue weighted by Crippen LogP contribution is -2.24. The van der Waals surface area contributed by atoms with Gasteiger partial charge in [-0.3, -0.25) is 0 Å². The van der Waals surface area contributed by atoms with Gasteiger partial charge in [0.1, 0.15) is 5.01 Å². The molecule has 1 heterocycles. The number of hydrogen-bond donors (Lipinski definition) is 0. The minimum Gasteiger partial charge on any atom is -0.550 e. The Morgan fingerprint density at radius 1 is 1.45 bits per heavy atom. The molecule has 0 bridgehead atoms. The molecule has 118 valence electrons. The molecule has 22 heavy (non-hydrogen) atoms. The summed E-state index contributed by atoms with van der Waals surface area (Å²) in [5, 5.41) is 13.1. The zero-order chi connectivity index (χ0) is 16.3. The van der Waals surface area contributed by atoms with Crippen molar-refractivity contribution < 1.29 is 19.4 Å². The van der Waals surface area contributed by atoms with Crippen LogP contribution in [-0.2, 0) is 11.2 Å². The van der Waals surface area contributed by atoms with Crippen molar-refractivity contribution in [2.24, 2.45) is 0 Å². The summed E-state index contributed by atoms with van der Waals surface area (Å²) in [6.07, 6.45) is -0.172. The first-order chi connectivity index (χ1) is 10.4. The number of aliphatic carboxylic acids is 1. The van der Waals surface area contributed by atoms with Crippen molar-refractivity contribution in [2.45, 2.75) is 26.4 Å². The maximum Gasteiger partial charge on any atom is 0.175 e. The molecular formula is C15H15BrNO4S-. The van der Waals surface area contributed by atoms with Gasteiger partial charge in [0.25, 0.3) is 0 Å². The zero-order valence-electron chi connectivity index (χ0n) is 12.4. The second-order valence-corrected chi connectivity index (χ2v) is 6.56. The highest BCUT2D eigenvalue weighted by Crippen LogP contribution is 2.40. The number of aromatic nitrogens is 1. The maximum absolute atomic E-state index is 10.6. The molecule has 0 amide bonds. The quantitative estimate of drug-likeness (QED) is 0.765. The third-order valence-corrected chi connectivity index (χ3v) is 4.24. The summed E-state index contributed by atoms with van der Waals surface area (Å²) >= 11 is 4.85. The highest BCUT2D eigenvalue weighted by molar-refractivity contribution is 9.10. The fourth-order valence-corrected chi connectivity index (χ4v) is 3.21. The lowest BCUT2D eigenvalue weighted by Gasteiger charge is -2.16. The second-order valence-electron chi connectivity index (χ2n) is 4.85. The van der Waals surface area contributed by atoms with Gasteiger partial charge in [0.15, 0.2) is 11.5 Å². The third kappa shape index (κ3) is 3.98. The standard InChI is InChI=1S/C15H16BrNO4S/c1-8(2)21-14-11(16)4-9(5-12(14)20-3)15-17-10(7-22-15)6-13(18)19/h4-5,7-8H,6H2,1-3H3,(H,18,19)/p-1. The van der Waals surface area contributed by atoms with Gasteiger partial charge in [0, 0.05) is 23.3 Å². The second kappa shape index (κ2) is 7.11. The van der Waals surface area contributed by atoms with Crippen molar-refractivity contribution in [3.63, 3.8) is 0 Å². The highest BCUT2D eigenvalue weighted by atomic mass is 79.9. The van der Waals surface area contributed by atoms with E-state index in [-0.39, 0.29) is 12.5 Å². The van der Waals surface area contributed by atoms with Gasteiger partial charge >= 0.3 is 0 Å². The molecule has 7 heteroatoms. The summed E-state index contributed by atoms with van der Waals surface area (Å²) in [6, 6.07) is 3.70. The first kappa shape index (κ1) is 16.8. The Morgan fingerprint density at radius 2 is 2.18 bits per heavy atom. The molecule has 0 aliphatic heterocycles. The number of carboxylic acid groups (broad SMARTS) is 1. The van der Waals surface area contributed by atoms with Crippen molar-refractivity contribution in [1.29, 1.82) is 0 Å². The molecule has 0 aliphatic carbocycles. The molecular weight excluding hydrogens is 370 g/mol. The molecule has 0 atom stereocenters. The number of thiazole rings is 1. The van der Waals surface area contributed by atoms with Crippen LogP contribution < -0.4 is 14.6 Å². The minimum atomic E-state index is -1.14. The number of ether oxygens (including phenoxy) is 2. The average molecular weight is 385 g/mol. The van der Waals surface area contributed by atoms with Crippen LogP contribution in [0.1, 0.15) is 19.5 Å². The largest absolute Gasteiger partial charge is 0.550 e. The van der Waals surface area contributed by atoms with Crippen molar-refractivity contribution >= 4 is 33.2 Å². The first-order valence-corrected chi connectivity index (χ1v) is 8.26. The van der Waals surface area contributed by atoms with E-state index in [1.165, 1.54) is 11.3 Å². The number of carboxylic acids is 1. The number of carbonyl (C=O) groups excluding carboxylic acids is 1. The van der Waals surface area contributed by atoms with Crippen molar-refractivity contribution in [3.8, 4) is 22.1 Å². The van der Waals surface area contributed by atoms with Crippen LogP contribution in [0.4, 0.5) is 0 Å². The van der Waals surface area contributed by atoms with Gasteiger partial charge in [-0.1, -0.05) is 0 Å². The Hall–Kier alpha value is -1.60. The van der Waals surface area contributed by atoms with E-state index in [0.717, 1.165) is 10.0 Å². The summed E-state index contributed by atoms with van der Waals surface area (Å²) in [5.41, 5.74) is 1.31. The lowest BCUT2D eigenvalue weighted by molar-refractivity contribution is -0.304. The van der Waals surface area contributed by atoms with Crippen LogP contribution in [0.25, 0.3) is 10.6 Å². The van der Waals surface area contributed by atoms with E-state index in [9.17, 15) is 9.90 Å². The molecule has 0 radical (unpaired) electrons. The molecule has 0 aliphatic rings. The van der Waals surface area contributed by atoms with Gasteiger partial charge < -0.3 is 19.4 Å². The highest BCUT2D eigenvalue weighted by Gasteiger charge is 2.15. The molecule has 2 rings (SSSR count). The van der Waals surface area contributed by atoms with Gasteiger partial charge in [-0.2, -0.15) is 0 Å². The molecule has 5 nitrogen and oxygen atoms in total. The van der Waals surface area contributed by atoms with Crippen LogP contribution in [0.5, 0.6) is 11.5 Å². The molecule has 0 unspecified atom stereocenters. The monoisotopic (exact) mass is 384 g/mol. The Balaban J connectivity index is 2.38. The van der Waals surface area contributed by atoms with Crippen LogP contribution >= 0.6 is 27.3 Å². The van der Waals surface area contributed by atoms with Crippen molar-refractivity contribution in [2.75, 3.05) is 7.11 Å². The van der Waals surface area contributed by atoms with Crippen LogP contribution in [0.3, 0.4) is 0 Å². The van der Waals surface area contributed by atoms with E-state index in [1.807, 2.05) is 26.0 Å². The topological polar surface area (TPSA) is 71.5 Å². The van der Waals surface area contributed by atoms with E-state index in [4.69, 9.17) is 9.47 Å². The SMILES string of the molecule is COc1cc(-c2nc(CC(=O)[O-])cs2)cc(Br)c1OC(C)C. The summed E-state index contributed by atoms with van der Waals surface area (Å²) in [4.78, 5) is 14.9. The summed E-state index contributed by atoms with van der Waals surface area (Å²) in [5.74, 6) is 0.0822. The number of hydrogen-bond acceptors (Lipinski definition) is 6. The van der Waals surface area contributed by atoms with Gasteiger partial charge in [-0.15, -0.1) is 11.3 Å². The lowest BCUT2D eigenvalue weighted by atomic mass is 10.2. The van der Waals surface area contributed by atoms with Gasteiger partial charge in [-0.05, 0) is 41.9 Å². The number of methoxy groups -OCH3 is 1. The normalized spacial score (nSPS) is 10.8. The molecule has 1 aromatic carbocycles. The Morgan fingerprint density at radius 3 is 2.77 bits per heavy atom. The van der Waals surface area contributed by atoms with Crippen molar-refractivity contribution in [1.82, 2.24) is 4.98 Å². The number of carbonyl (C=O) groups is 1. The average Bonchev–Trinajstić information content (AvgIpc) is 2.88. The molecule has 0 N–H and O–H groups in total. The van der Waals surface area contributed by atoms with Crippen LogP contribution in [0, 0.1) is 0 Å². The predicted molar refractivity (Wildman–Crippen MR) is 86.3 cm³/mol. The van der Waals surface area contributed by atoms with Gasteiger partial charge in [0.2, 0.25) is 0 Å². The maximum atomic E-state index is 10.6. The number of nitrogens with zero attached hydrogens (tertiary/aromatic N) is 1. The summed E-state index contributed by atoms with van der Waals surface area (Å²) in [7, 11) is 1.57. The summed E-state index contributed by atoms with van der Waals surface area (Å²) < 4.78 is 11.9. The van der Waals surface area contributed by atoms with Crippen LogP contribution in [-0.4, -0.2) is 24.2 Å². The first-order valence-electron chi connectivity index (χ1n) is 6.59.